The van der Waals surface area contributed by atoms with Gasteiger partial charge in [-0.25, -0.2) is 13.8 Å². The second-order valence-electron chi connectivity index (χ2n) is 6.69. The highest BCUT2D eigenvalue weighted by atomic mass is 19.3. The molecule has 1 aromatic heterocycles. The van der Waals surface area contributed by atoms with Gasteiger partial charge in [-0.3, -0.25) is 9.59 Å². The number of pyridine rings is 1. The lowest BCUT2D eigenvalue weighted by Crippen LogP contribution is -2.27. The summed E-state index contributed by atoms with van der Waals surface area (Å²) in [5.74, 6) is -2.78. The maximum Gasteiger partial charge on any atom is 0.278 e. The van der Waals surface area contributed by atoms with Crippen LogP contribution in [0.25, 0.3) is 0 Å². The van der Waals surface area contributed by atoms with E-state index in [0.29, 0.717) is 22.7 Å². The number of nitrogens with zero attached hydrogens (tertiary/aromatic N) is 1. The second kappa shape index (κ2) is 8.77. The van der Waals surface area contributed by atoms with Crippen molar-refractivity contribution in [2.45, 2.75) is 39.7 Å². The fourth-order valence-corrected chi connectivity index (χ4v) is 2.49. The molecule has 150 valence electrons. The van der Waals surface area contributed by atoms with Crippen molar-refractivity contribution in [3.63, 3.8) is 0 Å². The smallest absolute Gasteiger partial charge is 0.278 e. The molecule has 2 rings (SSSR count). The van der Waals surface area contributed by atoms with E-state index in [0.717, 1.165) is 12.5 Å². The highest BCUT2D eigenvalue weighted by Gasteiger charge is 2.22. The second-order valence-corrected chi connectivity index (χ2v) is 6.69. The Morgan fingerprint density at radius 2 is 1.96 bits per heavy atom. The van der Waals surface area contributed by atoms with E-state index in [1.54, 1.807) is 38.2 Å². The lowest BCUT2D eigenvalue weighted by molar-refractivity contribution is -0.114. The van der Waals surface area contributed by atoms with Crippen LogP contribution in [0.5, 0.6) is 5.75 Å². The van der Waals surface area contributed by atoms with Gasteiger partial charge in [0.1, 0.15) is 11.6 Å². The fourth-order valence-electron chi connectivity index (χ4n) is 2.49. The number of amides is 2. The van der Waals surface area contributed by atoms with E-state index in [1.165, 1.54) is 19.1 Å². The van der Waals surface area contributed by atoms with Crippen LogP contribution in [0.3, 0.4) is 0 Å². The Bertz CT molecular complexity index is 866. The van der Waals surface area contributed by atoms with Gasteiger partial charge in [0.05, 0.1) is 6.04 Å². The van der Waals surface area contributed by atoms with Gasteiger partial charge in [0.2, 0.25) is 5.91 Å². The number of rotatable bonds is 7. The molecule has 0 aliphatic carbocycles. The molecule has 1 atom stereocenters. The minimum atomic E-state index is -2.93. The molecule has 2 aromatic rings. The third-order valence-corrected chi connectivity index (χ3v) is 3.85. The SMILES string of the molecule is CC(=O)Nc1cc(C(C)NC(=O)c2ccc(OCC(C)(F)F)c(C)c2)ccn1. The molecule has 28 heavy (non-hydrogen) atoms. The molecule has 6 nitrogen and oxygen atoms in total. The first kappa shape index (κ1) is 21.3. The summed E-state index contributed by atoms with van der Waals surface area (Å²) in [4.78, 5) is 27.7. The first-order valence-electron chi connectivity index (χ1n) is 8.71. The van der Waals surface area contributed by atoms with Gasteiger partial charge in [0.25, 0.3) is 11.8 Å². The number of carbonyl (C=O) groups is 2. The summed E-state index contributed by atoms with van der Waals surface area (Å²) >= 11 is 0. The number of hydrogen-bond acceptors (Lipinski definition) is 4. The van der Waals surface area contributed by atoms with Gasteiger partial charge in [-0.1, -0.05) is 0 Å². The van der Waals surface area contributed by atoms with Crippen molar-refractivity contribution in [3.05, 3.63) is 53.2 Å². The van der Waals surface area contributed by atoms with Crippen molar-refractivity contribution < 1.29 is 23.1 Å². The van der Waals surface area contributed by atoms with Crippen molar-refractivity contribution in [1.29, 1.82) is 0 Å². The molecule has 0 fully saturated rings. The van der Waals surface area contributed by atoms with Crippen molar-refractivity contribution in [1.82, 2.24) is 10.3 Å². The van der Waals surface area contributed by atoms with Crippen LogP contribution < -0.4 is 15.4 Å². The summed E-state index contributed by atoms with van der Waals surface area (Å²) in [7, 11) is 0. The maximum atomic E-state index is 12.9. The molecule has 1 unspecified atom stereocenters. The monoisotopic (exact) mass is 391 g/mol. The highest BCUT2D eigenvalue weighted by Crippen LogP contribution is 2.23. The van der Waals surface area contributed by atoms with E-state index >= 15 is 0 Å². The van der Waals surface area contributed by atoms with Crippen LogP contribution in [0.1, 0.15) is 48.3 Å². The molecule has 2 amide bonds. The Hall–Kier alpha value is -3.03. The number of anilines is 1. The molecule has 0 radical (unpaired) electrons. The van der Waals surface area contributed by atoms with Crippen molar-refractivity contribution >= 4 is 17.6 Å². The van der Waals surface area contributed by atoms with Crippen molar-refractivity contribution in [2.24, 2.45) is 0 Å². The van der Waals surface area contributed by atoms with E-state index in [2.05, 4.69) is 15.6 Å². The first-order valence-corrected chi connectivity index (χ1v) is 8.71. The summed E-state index contributed by atoms with van der Waals surface area (Å²) in [5, 5.41) is 5.45. The van der Waals surface area contributed by atoms with Crippen molar-refractivity contribution in [2.75, 3.05) is 11.9 Å². The number of hydrogen-bond donors (Lipinski definition) is 2. The van der Waals surface area contributed by atoms with Gasteiger partial charge in [0, 0.05) is 25.6 Å². The zero-order valence-corrected chi connectivity index (χ0v) is 16.2. The molecular weight excluding hydrogens is 368 g/mol. The largest absolute Gasteiger partial charge is 0.487 e. The van der Waals surface area contributed by atoms with Crippen LogP contribution in [0, 0.1) is 6.92 Å². The zero-order chi connectivity index (χ0) is 20.9. The number of benzene rings is 1. The number of carbonyl (C=O) groups excluding carboxylic acids is 2. The Kier molecular flexibility index (Phi) is 6.66. The van der Waals surface area contributed by atoms with Crippen LogP contribution in [-0.4, -0.2) is 29.3 Å². The Morgan fingerprint density at radius 3 is 2.57 bits per heavy atom. The molecule has 1 aromatic carbocycles. The minimum absolute atomic E-state index is 0.236. The quantitative estimate of drug-likeness (QED) is 0.751. The van der Waals surface area contributed by atoms with Crippen LogP contribution in [-0.2, 0) is 4.79 Å². The number of aryl methyl sites for hydroxylation is 1. The molecule has 1 heterocycles. The predicted octanol–water partition coefficient (Wildman–Crippen LogP) is 3.87. The number of alkyl halides is 2. The van der Waals surface area contributed by atoms with E-state index < -0.39 is 12.5 Å². The van der Waals surface area contributed by atoms with Gasteiger partial charge in [-0.05, 0) is 55.3 Å². The van der Waals surface area contributed by atoms with E-state index in [9.17, 15) is 18.4 Å². The molecule has 0 saturated carbocycles. The molecule has 0 saturated heterocycles. The standard InChI is InChI=1S/C20H23F2N3O3/c1-12-9-16(5-6-17(12)28-11-20(4,21)22)19(27)24-13(2)15-7-8-23-18(10-15)25-14(3)26/h5-10,13H,11H2,1-4H3,(H,24,27)(H,23,25,26). The summed E-state index contributed by atoms with van der Waals surface area (Å²) in [5.41, 5.74) is 1.74. The topological polar surface area (TPSA) is 80.3 Å². The van der Waals surface area contributed by atoms with E-state index in [4.69, 9.17) is 4.74 Å². The lowest BCUT2D eigenvalue weighted by atomic mass is 10.1. The average molecular weight is 391 g/mol. The number of aromatic nitrogens is 1. The van der Waals surface area contributed by atoms with Gasteiger partial charge >= 0.3 is 0 Å². The third kappa shape index (κ3) is 6.29. The number of ether oxygens (including phenoxy) is 1. The normalized spacial score (nSPS) is 12.2. The van der Waals surface area contributed by atoms with Crippen LogP contribution >= 0.6 is 0 Å². The number of nitrogens with one attached hydrogen (secondary N) is 2. The predicted molar refractivity (Wildman–Crippen MR) is 102 cm³/mol. The molecule has 0 bridgehead atoms. The van der Waals surface area contributed by atoms with Gasteiger partial charge < -0.3 is 15.4 Å². The molecule has 0 aliphatic rings. The van der Waals surface area contributed by atoms with E-state index in [-0.39, 0.29) is 17.9 Å². The average Bonchev–Trinajstić information content (AvgIpc) is 2.59. The Labute approximate surface area is 162 Å². The summed E-state index contributed by atoms with van der Waals surface area (Å²) in [6, 6.07) is 7.69. The molecule has 2 N–H and O–H groups in total. The summed E-state index contributed by atoms with van der Waals surface area (Å²) < 4.78 is 31.0. The van der Waals surface area contributed by atoms with Crippen LogP contribution in [0.15, 0.2) is 36.5 Å². The zero-order valence-electron chi connectivity index (χ0n) is 16.2. The lowest BCUT2D eigenvalue weighted by Gasteiger charge is -2.17. The Morgan fingerprint density at radius 1 is 1.25 bits per heavy atom. The van der Waals surface area contributed by atoms with Crippen molar-refractivity contribution in [3.8, 4) is 5.75 Å². The third-order valence-electron chi connectivity index (χ3n) is 3.85. The molecule has 0 aliphatic heterocycles. The van der Waals surface area contributed by atoms with Gasteiger partial charge in [-0.15, -0.1) is 0 Å². The minimum Gasteiger partial charge on any atom is -0.487 e. The van der Waals surface area contributed by atoms with Gasteiger partial charge in [0.15, 0.2) is 6.61 Å². The van der Waals surface area contributed by atoms with Gasteiger partial charge in [-0.2, -0.15) is 0 Å². The van der Waals surface area contributed by atoms with Crippen LogP contribution in [0.2, 0.25) is 0 Å². The molecular formula is C20H23F2N3O3. The first-order chi connectivity index (χ1) is 13.0. The van der Waals surface area contributed by atoms with Crippen LogP contribution in [0.4, 0.5) is 14.6 Å². The maximum absolute atomic E-state index is 12.9. The fraction of sp³-hybridized carbons (Fsp3) is 0.350. The van der Waals surface area contributed by atoms with E-state index in [1.807, 2.05) is 0 Å². The highest BCUT2D eigenvalue weighted by molar-refractivity contribution is 5.95. The Balaban J connectivity index is 2.06. The number of halogens is 2. The molecule has 0 spiro atoms. The summed E-state index contributed by atoms with van der Waals surface area (Å²) in [6.07, 6.45) is 1.54. The molecule has 8 heteroatoms. The summed E-state index contributed by atoms with van der Waals surface area (Å²) in [6.45, 7) is 4.93.